The monoisotopic (exact) mass is 341 g/mol. The van der Waals surface area contributed by atoms with E-state index in [1.807, 2.05) is 4.90 Å². The molecule has 0 unspecified atom stereocenters. The van der Waals surface area contributed by atoms with Gasteiger partial charge in [-0.05, 0) is 49.3 Å². The predicted molar refractivity (Wildman–Crippen MR) is 94.2 cm³/mol. The molecule has 25 heavy (non-hydrogen) atoms. The highest BCUT2D eigenvalue weighted by atomic mass is 19.1. The molecule has 1 aromatic heterocycles. The molecule has 1 atom stereocenters. The van der Waals surface area contributed by atoms with Gasteiger partial charge in [0.1, 0.15) is 5.82 Å². The van der Waals surface area contributed by atoms with Gasteiger partial charge in [0.2, 0.25) is 5.91 Å². The molecule has 2 heterocycles. The van der Waals surface area contributed by atoms with Gasteiger partial charge in [0.25, 0.3) is 0 Å². The van der Waals surface area contributed by atoms with E-state index in [1.165, 1.54) is 37.8 Å². The second kappa shape index (κ2) is 6.98. The van der Waals surface area contributed by atoms with Crippen LogP contribution in [-0.4, -0.2) is 27.5 Å². The number of carbonyl (C=O) groups is 1. The first-order valence-corrected chi connectivity index (χ1v) is 9.31. The van der Waals surface area contributed by atoms with Gasteiger partial charge in [-0.15, -0.1) is 0 Å². The Hall–Kier alpha value is -2.17. The zero-order chi connectivity index (χ0) is 17.2. The molecule has 5 heteroatoms. The molecule has 0 bridgehead atoms. The van der Waals surface area contributed by atoms with Gasteiger partial charge in [-0.25, -0.2) is 4.39 Å². The maximum atomic E-state index is 13.2. The minimum Gasteiger partial charge on any atom is -0.334 e. The molecule has 1 aromatic carbocycles. The Morgan fingerprint density at radius 1 is 1.16 bits per heavy atom. The van der Waals surface area contributed by atoms with Crippen LogP contribution < -0.4 is 0 Å². The molecule has 1 amide bonds. The lowest BCUT2D eigenvalue weighted by atomic mass is 9.99. The van der Waals surface area contributed by atoms with Crippen molar-refractivity contribution < 1.29 is 9.18 Å². The van der Waals surface area contributed by atoms with Crippen LogP contribution in [0.2, 0.25) is 0 Å². The fourth-order valence-electron chi connectivity index (χ4n) is 4.35. The highest BCUT2D eigenvalue weighted by molar-refractivity contribution is 5.78. The number of halogens is 1. The first kappa shape index (κ1) is 16.3. The molecule has 1 aliphatic carbocycles. The average molecular weight is 341 g/mol. The zero-order valence-electron chi connectivity index (χ0n) is 14.4. The molecule has 0 spiro atoms. The second-order valence-corrected chi connectivity index (χ2v) is 7.30. The summed E-state index contributed by atoms with van der Waals surface area (Å²) >= 11 is 0. The third-order valence-electron chi connectivity index (χ3n) is 5.67. The van der Waals surface area contributed by atoms with Crippen molar-refractivity contribution in [2.24, 2.45) is 5.92 Å². The third-order valence-corrected chi connectivity index (χ3v) is 5.67. The topological polar surface area (TPSA) is 49.0 Å². The number of amides is 1. The predicted octanol–water partition coefficient (Wildman–Crippen LogP) is 4.46. The quantitative estimate of drug-likeness (QED) is 0.892. The van der Waals surface area contributed by atoms with Crippen LogP contribution in [0.3, 0.4) is 0 Å². The normalized spacial score (nSPS) is 21.2. The van der Waals surface area contributed by atoms with Crippen LogP contribution in [0.1, 0.15) is 56.7 Å². The minimum absolute atomic E-state index is 0.0523. The molecule has 4 rings (SSSR count). The summed E-state index contributed by atoms with van der Waals surface area (Å²) in [6, 6.07) is 6.51. The van der Waals surface area contributed by atoms with Crippen LogP contribution in [0.25, 0.3) is 11.1 Å². The number of hydrogen-bond donors (Lipinski definition) is 1. The number of rotatable bonds is 4. The summed E-state index contributed by atoms with van der Waals surface area (Å²) in [6.07, 6.45) is 9.32. The fraction of sp³-hybridized carbons (Fsp3) is 0.500. The summed E-state index contributed by atoms with van der Waals surface area (Å²) < 4.78 is 13.2. The molecule has 132 valence electrons. The summed E-state index contributed by atoms with van der Waals surface area (Å²) in [5.74, 6) is 0.587. The standard InChI is InChI=1S/C20H24FN3O/c21-16-9-7-15(8-10-16)17-13-22-23-20(17)18-6-3-11-24(18)19(25)12-14-4-1-2-5-14/h7-10,13-14,18H,1-6,11-12H2,(H,22,23)/t18-/m0/s1. The van der Waals surface area contributed by atoms with E-state index < -0.39 is 0 Å². The number of nitrogens with zero attached hydrogens (tertiary/aromatic N) is 2. The number of benzene rings is 1. The van der Waals surface area contributed by atoms with Gasteiger partial charge in [-0.3, -0.25) is 9.89 Å². The Balaban J connectivity index is 1.55. The summed E-state index contributed by atoms with van der Waals surface area (Å²) in [5.41, 5.74) is 2.87. The van der Waals surface area contributed by atoms with Crippen molar-refractivity contribution in [2.45, 2.75) is 51.0 Å². The highest BCUT2D eigenvalue weighted by Crippen LogP contribution is 2.38. The smallest absolute Gasteiger partial charge is 0.223 e. The molecule has 2 aliphatic rings. The van der Waals surface area contributed by atoms with Crippen LogP contribution in [0.5, 0.6) is 0 Å². The summed E-state index contributed by atoms with van der Waals surface area (Å²) in [7, 11) is 0. The number of aromatic amines is 1. The van der Waals surface area contributed by atoms with E-state index >= 15 is 0 Å². The van der Waals surface area contributed by atoms with Crippen LogP contribution in [0.15, 0.2) is 30.5 Å². The van der Waals surface area contributed by atoms with Crippen molar-refractivity contribution in [3.05, 3.63) is 42.0 Å². The Bertz CT molecular complexity index is 734. The van der Waals surface area contributed by atoms with E-state index in [1.54, 1.807) is 18.3 Å². The van der Waals surface area contributed by atoms with Gasteiger partial charge in [-0.1, -0.05) is 25.0 Å². The number of carbonyl (C=O) groups excluding carboxylic acids is 1. The number of aromatic nitrogens is 2. The number of hydrogen-bond acceptors (Lipinski definition) is 2. The average Bonchev–Trinajstić information content (AvgIpc) is 3.36. The SMILES string of the molecule is O=C(CC1CCCC1)N1CCC[C@H]1c1[nH]ncc1-c1ccc(F)cc1. The molecule has 2 aromatic rings. The Morgan fingerprint density at radius 2 is 1.92 bits per heavy atom. The molecule has 0 radical (unpaired) electrons. The number of H-pyrrole nitrogens is 1. The summed E-state index contributed by atoms with van der Waals surface area (Å²) in [4.78, 5) is 14.9. The van der Waals surface area contributed by atoms with Gasteiger partial charge < -0.3 is 4.90 Å². The Kier molecular flexibility index (Phi) is 4.55. The van der Waals surface area contributed by atoms with Gasteiger partial charge >= 0.3 is 0 Å². The van der Waals surface area contributed by atoms with E-state index in [-0.39, 0.29) is 17.8 Å². The van der Waals surface area contributed by atoms with E-state index in [4.69, 9.17) is 0 Å². The van der Waals surface area contributed by atoms with Gasteiger partial charge in [0.05, 0.1) is 17.9 Å². The third kappa shape index (κ3) is 3.32. The molecule has 4 nitrogen and oxygen atoms in total. The van der Waals surface area contributed by atoms with Crippen molar-refractivity contribution >= 4 is 5.91 Å². The van der Waals surface area contributed by atoms with Crippen molar-refractivity contribution in [3.8, 4) is 11.1 Å². The minimum atomic E-state index is -0.247. The molecular weight excluding hydrogens is 317 g/mol. The molecule has 1 aliphatic heterocycles. The van der Waals surface area contributed by atoms with Crippen LogP contribution in [0.4, 0.5) is 4.39 Å². The highest BCUT2D eigenvalue weighted by Gasteiger charge is 2.34. The van der Waals surface area contributed by atoms with Crippen molar-refractivity contribution in [2.75, 3.05) is 6.54 Å². The molecular formula is C20H24FN3O. The molecule has 2 fully saturated rings. The first-order valence-electron chi connectivity index (χ1n) is 9.31. The van der Waals surface area contributed by atoms with E-state index in [9.17, 15) is 9.18 Å². The van der Waals surface area contributed by atoms with Crippen LogP contribution in [0, 0.1) is 11.7 Å². The lowest BCUT2D eigenvalue weighted by molar-refractivity contribution is -0.133. The van der Waals surface area contributed by atoms with Crippen LogP contribution in [-0.2, 0) is 4.79 Å². The van der Waals surface area contributed by atoms with E-state index in [0.29, 0.717) is 12.3 Å². The van der Waals surface area contributed by atoms with Crippen molar-refractivity contribution in [1.82, 2.24) is 15.1 Å². The second-order valence-electron chi connectivity index (χ2n) is 7.30. The summed E-state index contributed by atoms with van der Waals surface area (Å²) in [6.45, 7) is 0.818. The zero-order valence-corrected chi connectivity index (χ0v) is 14.4. The maximum absolute atomic E-state index is 13.2. The number of likely N-dealkylation sites (tertiary alicyclic amines) is 1. The largest absolute Gasteiger partial charge is 0.334 e. The maximum Gasteiger partial charge on any atom is 0.223 e. The van der Waals surface area contributed by atoms with Crippen molar-refractivity contribution in [3.63, 3.8) is 0 Å². The van der Waals surface area contributed by atoms with Gasteiger partial charge in [-0.2, -0.15) is 5.10 Å². The lowest BCUT2D eigenvalue weighted by Gasteiger charge is -2.26. The number of nitrogens with one attached hydrogen (secondary N) is 1. The summed E-state index contributed by atoms with van der Waals surface area (Å²) in [5, 5.41) is 7.31. The Morgan fingerprint density at radius 3 is 2.68 bits per heavy atom. The first-order chi connectivity index (χ1) is 12.2. The lowest BCUT2D eigenvalue weighted by Crippen LogP contribution is -2.32. The van der Waals surface area contributed by atoms with Gasteiger partial charge in [0, 0.05) is 18.5 Å². The van der Waals surface area contributed by atoms with Crippen molar-refractivity contribution in [1.29, 1.82) is 0 Å². The van der Waals surface area contributed by atoms with Gasteiger partial charge in [0.15, 0.2) is 0 Å². The molecule has 1 saturated carbocycles. The van der Waals surface area contributed by atoms with Crippen LogP contribution >= 0.6 is 0 Å². The Labute approximate surface area is 147 Å². The van der Waals surface area contributed by atoms with E-state index in [2.05, 4.69) is 10.2 Å². The molecule has 1 N–H and O–H groups in total. The van der Waals surface area contributed by atoms with E-state index in [0.717, 1.165) is 36.2 Å². The molecule has 1 saturated heterocycles. The fourth-order valence-corrected chi connectivity index (χ4v) is 4.35.